The molecule has 5 rings (SSSR count). The molecule has 2 amide bonds. The Bertz CT molecular complexity index is 1370. The molecule has 39 heavy (non-hydrogen) atoms. The molecule has 2 aliphatic heterocycles. The van der Waals surface area contributed by atoms with Crippen molar-refractivity contribution >= 4 is 17.5 Å². The van der Waals surface area contributed by atoms with Crippen molar-refractivity contribution in [2.24, 2.45) is 0 Å². The van der Waals surface area contributed by atoms with Gasteiger partial charge in [0.1, 0.15) is 11.6 Å². The Morgan fingerprint density at radius 2 is 1.51 bits per heavy atom. The van der Waals surface area contributed by atoms with Gasteiger partial charge in [0.15, 0.2) is 11.5 Å². The molecule has 0 bridgehead atoms. The van der Waals surface area contributed by atoms with Gasteiger partial charge in [0, 0.05) is 38.8 Å². The van der Waals surface area contributed by atoms with E-state index in [4.69, 9.17) is 14.2 Å². The summed E-state index contributed by atoms with van der Waals surface area (Å²) in [5.74, 6) is 0.282. The third kappa shape index (κ3) is 4.73. The fourth-order valence-corrected chi connectivity index (χ4v) is 5.61. The van der Waals surface area contributed by atoms with Crippen LogP contribution < -0.4 is 19.1 Å². The van der Waals surface area contributed by atoms with Crippen LogP contribution in [0.4, 0.5) is 10.1 Å². The predicted molar refractivity (Wildman–Crippen MR) is 145 cm³/mol. The van der Waals surface area contributed by atoms with Gasteiger partial charge >= 0.3 is 0 Å². The lowest BCUT2D eigenvalue weighted by Gasteiger charge is -2.43. The van der Waals surface area contributed by atoms with Crippen molar-refractivity contribution in [2.45, 2.75) is 12.0 Å². The van der Waals surface area contributed by atoms with Crippen LogP contribution in [-0.4, -0.2) is 76.2 Å². The second-order valence-electron chi connectivity index (χ2n) is 9.67. The summed E-state index contributed by atoms with van der Waals surface area (Å²) in [6, 6.07) is 16.9. The molecule has 0 saturated carbocycles. The third-order valence-corrected chi connectivity index (χ3v) is 7.68. The zero-order valence-electron chi connectivity index (χ0n) is 22.5. The molecule has 2 aliphatic rings. The SMILES string of the molecule is COc1ccc([C@H]2[C@H](C(=O)N3CCN(c4ccccc4F)CC3)c3cc(OC)c(OC)cc3C(=O)N2C)cc1. The number of carbonyl (C=O) groups excluding carboxylic acids is 2. The number of hydrogen-bond acceptors (Lipinski definition) is 6. The number of piperazine rings is 1. The minimum absolute atomic E-state index is 0.100. The molecule has 0 radical (unpaired) electrons. The van der Waals surface area contributed by atoms with Gasteiger partial charge in [0.25, 0.3) is 5.91 Å². The van der Waals surface area contributed by atoms with Crippen LogP contribution in [0.2, 0.25) is 0 Å². The maximum atomic E-state index is 14.4. The van der Waals surface area contributed by atoms with Gasteiger partial charge in [-0.2, -0.15) is 0 Å². The summed E-state index contributed by atoms with van der Waals surface area (Å²) >= 11 is 0. The topological polar surface area (TPSA) is 71.5 Å². The van der Waals surface area contributed by atoms with Gasteiger partial charge in [0.05, 0.1) is 39.0 Å². The number of carbonyl (C=O) groups is 2. The molecule has 0 aromatic heterocycles. The minimum atomic E-state index is -0.684. The molecule has 3 aromatic carbocycles. The standard InChI is InChI=1S/C30H32FN3O5/c1-32-28(19-9-11-20(37-2)12-10-19)27(21-17-25(38-3)26(39-4)18-22(21)29(32)35)30(36)34-15-13-33(14-16-34)24-8-6-5-7-23(24)31/h5-12,17-18,27-28H,13-16H2,1-4H3/t27-,28+/m1/s1. The van der Waals surface area contributed by atoms with Gasteiger partial charge in [-0.05, 0) is 47.5 Å². The van der Waals surface area contributed by atoms with Crippen LogP contribution in [0.1, 0.15) is 33.4 Å². The highest BCUT2D eigenvalue weighted by Crippen LogP contribution is 2.46. The third-order valence-electron chi connectivity index (χ3n) is 7.68. The Morgan fingerprint density at radius 3 is 2.13 bits per heavy atom. The van der Waals surface area contributed by atoms with Gasteiger partial charge in [0.2, 0.25) is 5.91 Å². The molecular weight excluding hydrogens is 501 g/mol. The van der Waals surface area contributed by atoms with Crippen LogP contribution >= 0.6 is 0 Å². The fraction of sp³-hybridized carbons (Fsp3) is 0.333. The summed E-state index contributed by atoms with van der Waals surface area (Å²) in [7, 11) is 6.35. The first-order valence-electron chi connectivity index (χ1n) is 12.8. The highest BCUT2D eigenvalue weighted by molar-refractivity contribution is 6.02. The average Bonchev–Trinajstić information content (AvgIpc) is 2.98. The fourth-order valence-electron chi connectivity index (χ4n) is 5.61. The van der Waals surface area contributed by atoms with Crippen molar-refractivity contribution < 1.29 is 28.2 Å². The lowest BCUT2D eigenvalue weighted by atomic mass is 9.78. The molecule has 3 aromatic rings. The van der Waals surface area contributed by atoms with E-state index in [0.717, 1.165) is 5.56 Å². The number of benzene rings is 3. The number of hydrogen-bond donors (Lipinski definition) is 0. The normalized spacial score (nSPS) is 19.0. The van der Waals surface area contributed by atoms with E-state index < -0.39 is 12.0 Å². The molecule has 0 spiro atoms. The number of fused-ring (bicyclic) bond motifs is 1. The Hall–Kier alpha value is -4.27. The van der Waals surface area contributed by atoms with Crippen LogP contribution in [-0.2, 0) is 4.79 Å². The van der Waals surface area contributed by atoms with E-state index in [1.165, 1.54) is 20.3 Å². The molecular formula is C30H32FN3O5. The first kappa shape index (κ1) is 26.3. The van der Waals surface area contributed by atoms with Crippen molar-refractivity contribution in [1.29, 1.82) is 0 Å². The van der Waals surface area contributed by atoms with Crippen molar-refractivity contribution in [1.82, 2.24) is 9.80 Å². The van der Waals surface area contributed by atoms with Crippen molar-refractivity contribution in [3.05, 3.63) is 83.2 Å². The smallest absolute Gasteiger partial charge is 0.254 e. The lowest BCUT2D eigenvalue weighted by molar-refractivity contribution is -0.134. The molecule has 9 heteroatoms. The van der Waals surface area contributed by atoms with Crippen molar-refractivity contribution in [3.63, 3.8) is 0 Å². The summed E-state index contributed by atoms with van der Waals surface area (Å²) in [6.07, 6.45) is 0. The summed E-state index contributed by atoms with van der Waals surface area (Å²) in [6.45, 7) is 1.86. The number of likely N-dealkylation sites (N-methyl/N-ethyl adjacent to an activating group) is 1. The highest BCUT2D eigenvalue weighted by Gasteiger charge is 2.45. The number of ether oxygens (including phenoxy) is 3. The number of halogens is 1. The number of nitrogens with zero attached hydrogens (tertiary/aromatic N) is 3. The monoisotopic (exact) mass is 533 g/mol. The Labute approximate surface area is 227 Å². The van der Waals surface area contributed by atoms with Crippen molar-refractivity contribution in [2.75, 3.05) is 59.5 Å². The van der Waals surface area contributed by atoms with Crippen LogP contribution in [0.15, 0.2) is 60.7 Å². The molecule has 0 aliphatic carbocycles. The van der Waals surface area contributed by atoms with Crippen LogP contribution in [0.25, 0.3) is 0 Å². The van der Waals surface area contributed by atoms with Gasteiger partial charge in [-0.1, -0.05) is 24.3 Å². The van der Waals surface area contributed by atoms with Crippen LogP contribution in [0, 0.1) is 5.82 Å². The minimum Gasteiger partial charge on any atom is -0.497 e. The Morgan fingerprint density at radius 1 is 0.872 bits per heavy atom. The second kappa shape index (κ2) is 10.8. The molecule has 1 fully saturated rings. The van der Waals surface area contributed by atoms with E-state index in [2.05, 4.69) is 0 Å². The molecule has 0 N–H and O–H groups in total. The number of methoxy groups -OCH3 is 3. The van der Waals surface area contributed by atoms with E-state index in [1.807, 2.05) is 40.1 Å². The van der Waals surface area contributed by atoms with Crippen molar-refractivity contribution in [3.8, 4) is 17.2 Å². The maximum absolute atomic E-state index is 14.4. The summed E-state index contributed by atoms with van der Waals surface area (Å²) in [5.41, 5.74) is 2.35. The second-order valence-corrected chi connectivity index (χ2v) is 9.67. The Balaban J connectivity index is 1.53. The van der Waals surface area contributed by atoms with E-state index >= 15 is 0 Å². The molecule has 2 atom stereocenters. The number of anilines is 1. The first-order chi connectivity index (χ1) is 18.9. The predicted octanol–water partition coefficient (Wildman–Crippen LogP) is 4.11. The molecule has 204 valence electrons. The van der Waals surface area contributed by atoms with Gasteiger partial charge in [-0.25, -0.2) is 4.39 Å². The summed E-state index contributed by atoms with van der Waals surface area (Å²) in [4.78, 5) is 33.3. The molecule has 0 unspecified atom stereocenters. The molecule has 1 saturated heterocycles. The zero-order valence-corrected chi connectivity index (χ0v) is 22.5. The number of amides is 2. The van der Waals surface area contributed by atoms with Gasteiger partial charge in [-0.15, -0.1) is 0 Å². The van der Waals surface area contributed by atoms with E-state index in [1.54, 1.807) is 43.3 Å². The Kier molecular flexibility index (Phi) is 7.32. The van der Waals surface area contributed by atoms with Gasteiger partial charge in [-0.3, -0.25) is 9.59 Å². The highest BCUT2D eigenvalue weighted by atomic mass is 19.1. The quantitative estimate of drug-likeness (QED) is 0.475. The van der Waals surface area contributed by atoms with Crippen LogP contribution in [0.5, 0.6) is 17.2 Å². The van der Waals surface area contributed by atoms with Crippen LogP contribution in [0.3, 0.4) is 0 Å². The van der Waals surface area contributed by atoms with E-state index in [0.29, 0.717) is 60.2 Å². The number of rotatable bonds is 6. The summed E-state index contributed by atoms with van der Waals surface area (Å²) in [5, 5.41) is 0. The number of para-hydroxylation sites is 1. The average molecular weight is 534 g/mol. The summed E-state index contributed by atoms with van der Waals surface area (Å²) < 4.78 is 30.7. The lowest BCUT2D eigenvalue weighted by Crippen LogP contribution is -2.53. The largest absolute Gasteiger partial charge is 0.497 e. The van der Waals surface area contributed by atoms with Gasteiger partial charge < -0.3 is 28.9 Å². The molecule has 8 nitrogen and oxygen atoms in total. The van der Waals surface area contributed by atoms with E-state index in [-0.39, 0.29) is 17.6 Å². The zero-order chi connectivity index (χ0) is 27.7. The maximum Gasteiger partial charge on any atom is 0.254 e. The first-order valence-corrected chi connectivity index (χ1v) is 12.8. The van der Waals surface area contributed by atoms with E-state index in [9.17, 15) is 14.0 Å². The molecule has 2 heterocycles.